The van der Waals surface area contributed by atoms with Crippen molar-refractivity contribution in [2.24, 2.45) is 5.92 Å². The number of halogens is 1. The smallest absolute Gasteiger partial charge is 0.124 e. The first kappa shape index (κ1) is 14.5. The van der Waals surface area contributed by atoms with Gasteiger partial charge in [0.25, 0.3) is 0 Å². The lowest BCUT2D eigenvalue weighted by Crippen LogP contribution is -2.29. The molecule has 0 fully saturated rings. The van der Waals surface area contributed by atoms with Crippen molar-refractivity contribution in [3.63, 3.8) is 0 Å². The van der Waals surface area contributed by atoms with Crippen molar-refractivity contribution in [2.45, 2.75) is 33.6 Å². The lowest BCUT2D eigenvalue weighted by molar-refractivity contribution is 0.486. The Morgan fingerprint density at radius 3 is 2.44 bits per heavy atom. The van der Waals surface area contributed by atoms with E-state index in [-0.39, 0.29) is 5.82 Å². The van der Waals surface area contributed by atoms with E-state index in [1.807, 2.05) is 0 Å². The van der Waals surface area contributed by atoms with Gasteiger partial charge < -0.3 is 4.90 Å². The molecule has 0 N–H and O–H groups in total. The van der Waals surface area contributed by atoms with Crippen LogP contribution >= 0.6 is 0 Å². The summed E-state index contributed by atoms with van der Waals surface area (Å²) in [6.45, 7) is 8.17. The fourth-order valence-electron chi connectivity index (χ4n) is 2.13. The second kappa shape index (κ2) is 7.00. The van der Waals surface area contributed by atoms with Gasteiger partial charge in [0.1, 0.15) is 11.9 Å². The zero-order chi connectivity index (χ0) is 13.5. The minimum absolute atomic E-state index is 0.353. The summed E-state index contributed by atoms with van der Waals surface area (Å²) in [6.07, 6.45) is 2.24. The lowest BCUT2D eigenvalue weighted by atomic mass is 10.0. The minimum atomic E-state index is -0.353. The molecule has 0 bridgehead atoms. The molecule has 0 aliphatic heterocycles. The van der Waals surface area contributed by atoms with Gasteiger partial charge in [-0.15, -0.1) is 0 Å². The molecular weight excluding hydrogens is 227 g/mol. The molecule has 0 saturated carbocycles. The third-order valence-corrected chi connectivity index (χ3v) is 3.43. The fraction of sp³-hybridized carbons (Fsp3) is 0.533. The van der Waals surface area contributed by atoms with Crippen molar-refractivity contribution in [1.82, 2.24) is 0 Å². The van der Waals surface area contributed by atoms with E-state index >= 15 is 0 Å². The Labute approximate surface area is 109 Å². The topological polar surface area (TPSA) is 27.0 Å². The zero-order valence-corrected chi connectivity index (χ0v) is 11.4. The summed E-state index contributed by atoms with van der Waals surface area (Å²) in [5.74, 6) is 0.260. The molecule has 1 aromatic rings. The van der Waals surface area contributed by atoms with Crippen LogP contribution in [0.5, 0.6) is 0 Å². The number of benzene rings is 1. The van der Waals surface area contributed by atoms with Gasteiger partial charge >= 0.3 is 0 Å². The maximum absolute atomic E-state index is 13.1. The number of rotatable bonds is 6. The first-order valence-corrected chi connectivity index (χ1v) is 6.60. The third-order valence-electron chi connectivity index (χ3n) is 3.43. The lowest BCUT2D eigenvalue weighted by Gasteiger charge is -2.28. The van der Waals surface area contributed by atoms with Crippen LogP contribution in [0, 0.1) is 23.1 Å². The maximum Gasteiger partial charge on any atom is 0.124 e. The fourth-order valence-corrected chi connectivity index (χ4v) is 2.13. The molecule has 0 aromatic heterocycles. The molecule has 0 aliphatic rings. The zero-order valence-electron chi connectivity index (χ0n) is 11.4. The Bertz CT molecular complexity index is 419. The summed E-state index contributed by atoms with van der Waals surface area (Å²) >= 11 is 0. The molecule has 0 aliphatic carbocycles. The van der Waals surface area contributed by atoms with Crippen LogP contribution in [-0.2, 0) is 0 Å². The predicted octanol–water partition coefficient (Wildman–Crippen LogP) is 3.96. The maximum atomic E-state index is 13.1. The van der Waals surface area contributed by atoms with Gasteiger partial charge in [-0.25, -0.2) is 4.39 Å². The molecule has 2 nitrogen and oxygen atoms in total. The van der Waals surface area contributed by atoms with E-state index in [4.69, 9.17) is 5.26 Å². The molecule has 98 valence electrons. The molecule has 0 heterocycles. The number of nitrogens with zero attached hydrogens (tertiary/aromatic N) is 2. The first-order chi connectivity index (χ1) is 8.65. The molecule has 3 heteroatoms. The Morgan fingerprint density at radius 1 is 1.28 bits per heavy atom. The second-order valence-corrected chi connectivity index (χ2v) is 4.49. The Morgan fingerprint density at radius 2 is 1.94 bits per heavy atom. The predicted molar refractivity (Wildman–Crippen MR) is 73.1 cm³/mol. The third kappa shape index (κ3) is 3.46. The van der Waals surface area contributed by atoms with Gasteiger partial charge in [-0.05, 0) is 31.0 Å². The Hall–Kier alpha value is -1.56. The van der Waals surface area contributed by atoms with Crippen LogP contribution < -0.4 is 4.90 Å². The monoisotopic (exact) mass is 248 g/mol. The van der Waals surface area contributed by atoms with Gasteiger partial charge in [-0.2, -0.15) is 5.26 Å². The SMILES string of the molecule is CCC(CC)CN(CC)c1ccc(F)cc1C#N. The Balaban J connectivity index is 2.98. The molecule has 18 heavy (non-hydrogen) atoms. The molecule has 0 unspecified atom stereocenters. The molecule has 0 atom stereocenters. The van der Waals surface area contributed by atoms with Gasteiger partial charge in [-0.1, -0.05) is 26.7 Å². The van der Waals surface area contributed by atoms with Gasteiger partial charge in [0.2, 0.25) is 0 Å². The van der Waals surface area contributed by atoms with E-state index in [0.29, 0.717) is 11.5 Å². The summed E-state index contributed by atoms with van der Waals surface area (Å²) in [5.41, 5.74) is 1.26. The van der Waals surface area contributed by atoms with Crippen molar-refractivity contribution in [1.29, 1.82) is 5.26 Å². The molecule has 1 rings (SSSR count). The average Bonchev–Trinajstić information content (AvgIpc) is 2.41. The van der Waals surface area contributed by atoms with Gasteiger partial charge in [0.05, 0.1) is 11.3 Å². The van der Waals surface area contributed by atoms with Crippen LogP contribution in [0.25, 0.3) is 0 Å². The summed E-state index contributed by atoms with van der Waals surface area (Å²) in [7, 11) is 0. The normalized spacial score (nSPS) is 10.4. The Kier molecular flexibility index (Phi) is 5.64. The number of hydrogen-bond acceptors (Lipinski definition) is 2. The van der Waals surface area contributed by atoms with Crippen molar-refractivity contribution >= 4 is 5.69 Å². The van der Waals surface area contributed by atoms with E-state index < -0.39 is 0 Å². The van der Waals surface area contributed by atoms with Crippen LogP contribution in [0.15, 0.2) is 18.2 Å². The van der Waals surface area contributed by atoms with Crippen molar-refractivity contribution in [3.8, 4) is 6.07 Å². The van der Waals surface area contributed by atoms with E-state index in [1.54, 1.807) is 6.07 Å². The van der Waals surface area contributed by atoms with Crippen LogP contribution in [-0.4, -0.2) is 13.1 Å². The standard InChI is InChI=1S/C15H21FN2/c1-4-12(5-2)11-18(6-3)15-8-7-14(16)9-13(15)10-17/h7-9,12H,4-6,11H2,1-3H3. The number of nitriles is 1. The summed E-state index contributed by atoms with van der Waals surface area (Å²) < 4.78 is 13.1. The van der Waals surface area contributed by atoms with E-state index in [2.05, 4.69) is 31.7 Å². The number of anilines is 1. The quantitative estimate of drug-likeness (QED) is 0.762. The van der Waals surface area contributed by atoms with E-state index in [0.717, 1.165) is 31.6 Å². The minimum Gasteiger partial charge on any atom is -0.370 e. The largest absolute Gasteiger partial charge is 0.370 e. The average molecular weight is 248 g/mol. The highest BCUT2D eigenvalue weighted by Crippen LogP contribution is 2.23. The second-order valence-electron chi connectivity index (χ2n) is 4.49. The summed E-state index contributed by atoms with van der Waals surface area (Å²) in [5, 5.41) is 9.09. The van der Waals surface area contributed by atoms with Gasteiger partial charge in [-0.3, -0.25) is 0 Å². The first-order valence-electron chi connectivity index (χ1n) is 6.60. The molecule has 0 radical (unpaired) electrons. The van der Waals surface area contributed by atoms with Crippen LogP contribution in [0.3, 0.4) is 0 Å². The molecular formula is C15H21FN2. The highest BCUT2D eigenvalue weighted by atomic mass is 19.1. The number of hydrogen-bond donors (Lipinski definition) is 0. The van der Waals surface area contributed by atoms with Crippen LogP contribution in [0.4, 0.5) is 10.1 Å². The van der Waals surface area contributed by atoms with E-state index in [1.165, 1.54) is 12.1 Å². The van der Waals surface area contributed by atoms with E-state index in [9.17, 15) is 4.39 Å². The van der Waals surface area contributed by atoms with Crippen molar-refractivity contribution in [2.75, 3.05) is 18.0 Å². The van der Waals surface area contributed by atoms with Crippen molar-refractivity contribution < 1.29 is 4.39 Å². The molecule has 1 aromatic carbocycles. The van der Waals surface area contributed by atoms with Crippen LogP contribution in [0.1, 0.15) is 39.2 Å². The molecule has 0 saturated heterocycles. The molecule has 0 amide bonds. The van der Waals surface area contributed by atoms with Gasteiger partial charge in [0, 0.05) is 13.1 Å². The highest BCUT2D eigenvalue weighted by molar-refractivity contribution is 5.59. The molecule has 0 spiro atoms. The van der Waals surface area contributed by atoms with Crippen LogP contribution in [0.2, 0.25) is 0 Å². The van der Waals surface area contributed by atoms with Crippen molar-refractivity contribution in [3.05, 3.63) is 29.6 Å². The summed E-state index contributed by atoms with van der Waals surface area (Å²) in [6, 6.07) is 6.52. The summed E-state index contributed by atoms with van der Waals surface area (Å²) in [4.78, 5) is 2.16. The van der Waals surface area contributed by atoms with Gasteiger partial charge in [0.15, 0.2) is 0 Å². The highest BCUT2D eigenvalue weighted by Gasteiger charge is 2.14.